The van der Waals surface area contributed by atoms with Crippen LogP contribution in [0.1, 0.15) is 309 Å². The molecule has 14 nitrogen and oxygen atoms in total. The van der Waals surface area contributed by atoms with Crippen molar-refractivity contribution in [1.29, 1.82) is 0 Å². The number of aliphatic hydroxyl groups excluding tert-OH is 8. The van der Waals surface area contributed by atoms with Crippen LogP contribution in [0.5, 0.6) is 0 Å². The van der Waals surface area contributed by atoms with Crippen molar-refractivity contribution in [3.05, 3.63) is 0 Å². The fourth-order valence-electron chi connectivity index (χ4n) is 11.5. The second-order valence-electron chi connectivity index (χ2n) is 24.0. The van der Waals surface area contributed by atoms with Gasteiger partial charge in [0.25, 0.3) is 0 Å². The molecule has 464 valence electrons. The van der Waals surface area contributed by atoms with E-state index < -0.39 is 86.8 Å². The maximum Gasteiger partial charge on any atom is 0.220 e. The van der Waals surface area contributed by atoms with Crippen LogP contribution >= 0.6 is 0 Å². The Morgan fingerprint density at radius 3 is 1.09 bits per heavy atom. The molecule has 0 radical (unpaired) electrons. The molecule has 0 spiro atoms. The molecule has 0 aromatic carbocycles. The Balaban J connectivity index is 1.67. The van der Waals surface area contributed by atoms with Crippen LogP contribution in [0, 0.1) is 0 Å². The molecular weight excluding hydrogens is 991 g/mol. The van der Waals surface area contributed by atoms with E-state index in [-0.39, 0.29) is 12.5 Å². The Morgan fingerprint density at radius 2 is 0.731 bits per heavy atom. The van der Waals surface area contributed by atoms with Gasteiger partial charge in [-0.2, -0.15) is 0 Å². The molecule has 2 aliphatic rings. The number of rotatable bonds is 55. The highest BCUT2D eigenvalue weighted by molar-refractivity contribution is 5.76. The fraction of sp³-hybridized carbons (Fsp3) is 0.984. The quantitative estimate of drug-likeness (QED) is 0.0259. The smallest absolute Gasteiger partial charge is 0.220 e. The van der Waals surface area contributed by atoms with E-state index in [0.717, 1.165) is 51.4 Å². The Morgan fingerprint density at radius 1 is 0.410 bits per heavy atom. The van der Waals surface area contributed by atoms with Crippen molar-refractivity contribution in [2.45, 2.75) is 383 Å². The molecule has 2 saturated heterocycles. The summed E-state index contributed by atoms with van der Waals surface area (Å²) in [6.45, 7) is 2.92. The first-order valence-electron chi connectivity index (χ1n) is 33.3. The summed E-state index contributed by atoms with van der Waals surface area (Å²) in [7, 11) is 0. The molecule has 2 rings (SSSR count). The maximum atomic E-state index is 13.3. The third kappa shape index (κ3) is 35.2. The molecule has 1 amide bonds. The lowest BCUT2D eigenvalue weighted by molar-refractivity contribution is -0.359. The molecular formula is C64H125NO13. The number of nitrogens with one attached hydrogen (secondary N) is 1. The summed E-state index contributed by atoms with van der Waals surface area (Å²) in [6.07, 6.45) is 41.1. The molecule has 2 aliphatic heterocycles. The highest BCUT2D eigenvalue weighted by Gasteiger charge is 2.51. The zero-order valence-corrected chi connectivity index (χ0v) is 50.2. The average molecular weight is 1120 g/mol. The van der Waals surface area contributed by atoms with Crippen molar-refractivity contribution in [2.75, 3.05) is 19.8 Å². The Bertz CT molecular complexity index is 1310. The average Bonchev–Trinajstić information content (AvgIpc) is 3.44. The summed E-state index contributed by atoms with van der Waals surface area (Å²) < 4.78 is 22.9. The Hall–Kier alpha value is -1.01. The second-order valence-corrected chi connectivity index (χ2v) is 24.0. The summed E-state index contributed by atoms with van der Waals surface area (Å²) in [5.41, 5.74) is 0. The number of carbonyl (C=O) groups is 1. The van der Waals surface area contributed by atoms with E-state index in [2.05, 4.69) is 19.2 Å². The van der Waals surface area contributed by atoms with Crippen molar-refractivity contribution in [1.82, 2.24) is 5.32 Å². The van der Waals surface area contributed by atoms with Crippen molar-refractivity contribution in [2.24, 2.45) is 0 Å². The minimum atomic E-state index is -1.78. The lowest BCUT2D eigenvalue weighted by Gasteiger charge is -2.46. The second kappa shape index (κ2) is 50.5. The molecule has 0 saturated carbocycles. The summed E-state index contributed by atoms with van der Waals surface area (Å²) >= 11 is 0. The number of hydrogen-bond donors (Lipinski definition) is 9. The standard InChI is InChI=1S/C64H125NO13/c1-3-5-7-9-11-13-15-17-19-21-22-23-24-25-26-27-28-29-30-32-34-36-38-40-42-44-46-48-56(69)65-52(53(68)47-45-43-41-39-37-35-33-31-20-18-16-14-12-10-8-6-4-2)51-75-63-61(74)59(72)62(55(50-67)77-63)78-64-60(73)58(71)57(70)54(49-66)76-64/h52-55,57-64,66-68,70-74H,3-51H2,1-2H3,(H,65,69)/t52-,53+,54+,55+,57-,58?,59?,60?,61?,62+,63+,64-/m0/s1. The summed E-state index contributed by atoms with van der Waals surface area (Å²) in [5, 5.41) is 87.4. The van der Waals surface area contributed by atoms with Gasteiger partial charge in [-0.25, -0.2) is 0 Å². The van der Waals surface area contributed by atoms with E-state index >= 15 is 0 Å². The van der Waals surface area contributed by atoms with Crippen molar-refractivity contribution >= 4 is 5.91 Å². The minimum absolute atomic E-state index is 0.198. The summed E-state index contributed by atoms with van der Waals surface area (Å²) in [6, 6.07) is -0.823. The summed E-state index contributed by atoms with van der Waals surface area (Å²) in [4.78, 5) is 13.3. The van der Waals surface area contributed by atoms with Crippen LogP contribution in [0.15, 0.2) is 0 Å². The van der Waals surface area contributed by atoms with Crippen LogP contribution in [-0.2, 0) is 23.7 Å². The zero-order valence-electron chi connectivity index (χ0n) is 50.2. The van der Waals surface area contributed by atoms with Gasteiger partial charge in [0.1, 0.15) is 48.8 Å². The van der Waals surface area contributed by atoms with Gasteiger partial charge in [-0.3, -0.25) is 4.79 Å². The number of amides is 1. The van der Waals surface area contributed by atoms with Crippen molar-refractivity contribution in [3.63, 3.8) is 0 Å². The topological polar surface area (TPSA) is 228 Å². The van der Waals surface area contributed by atoms with Crippen molar-refractivity contribution in [3.8, 4) is 0 Å². The van der Waals surface area contributed by atoms with Gasteiger partial charge < -0.3 is 65.1 Å². The van der Waals surface area contributed by atoms with E-state index in [4.69, 9.17) is 18.9 Å². The number of aliphatic hydroxyl groups is 8. The van der Waals surface area contributed by atoms with Gasteiger partial charge in [-0.1, -0.05) is 290 Å². The Labute approximate surface area is 476 Å². The van der Waals surface area contributed by atoms with Crippen LogP contribution in [-0.4, -0.2) is 140 Å². The predicted molar refractivity (Wildman–Crippen MR) is 314 cm³/mol. The predicted octanol–water partition coefficient (Wildman–Crippen LogP) is 12.5. The third-order valence-electron chi connectivity index (χ3n) is 16.8. The van der Waals surface area contributed by atoms with Crippen LogP contribution < -0.4 is 5.32 Å². The van der Waals surface area contributed by atoms with Gasteiger partial charge in [0.05, 0.1) is 32.0 Å². The zero-order chi connectivity index (χ0) is 56.7. The SMILES string of the molecule is CCCCCCCCCCCCCCCCCCCCCCCCCCCCCC(=O)N[C@@H](CO[C@@H]1O[C@H](CO)[C@@H](O[C@@H]2O[C@H](CO)[C@H](O)C(O)C2O)C(O)C1O)[C@H](O)CCCCCCCCCCCCCCCCCCC. The lowest BCUT2D eigenvalue weighted by atomic mass is 9.97. The Kier molecular flexibility index (Phi) is 47.3. The van der Waals surface area contributed by atoms with E-state index in [0.29, 0.717) is 12.8 Å². The molecule has 14 heteroatoms. The van der Waals surface area contributed by atoms with Crippen molar-refractivity contribution < 1.29 is 64.6 Å². The largest absolute Gasteiger partial charge is 0.394 e. The van der Waals surface area contributed by atoms with E-state index in [1.54, 1.807) is 0 Å². The molecule has 78 heavy (non-hydrogen) atoms. The molecule has 0 aromatic rings. The van der Waals surface area contributed by atoms with Gasteiger partial charge in [0.2, 0.25) is 5.91 Å². The molecule has 0 aromatic heterocycles. The molecule has 4 unspecified atom stereocenters. The normalized spacial score (nSPS) is 24.4. The molecule has 9 N–H and O–H groups in total. The first-order chi connectivity index (χ1) is 38.1. The highest BCUT2D eigenvalue weighted by atomic mass is 16.7. The molecule has 0 bridgehead atoms. The number of ether oxygens (including phenoxy) is 4. The molecule has 2 fully saturated rings. The monoisotopic (exact) mass is 1120 g/mol. The summed E-state index contributed by atoms with van der Waals surface area (Å²) in [5.74, 6) is -0.198. The van der Waals surface area contributed by atoms with E-state index in [1.807, 2.05) is 0 Å². The number of carbonyl (C=O) groups excluding carboxylic acids is 1. The van der Waals surface area contributed by atoms with Gasteiger partial charge >= 0.3 is 0 Å². The van der Waals surface area contributed by atoms with Gasteiger partial charge in [0, 0.05) is 6.42 Å². The lowest BCUT2D eigenvalue weighted by Crippen LogP contribution is -2.65. The highest BCUT2D eigenvalue weighted by Crippen LogP contribution is 2.30. The molecule has 2 heterocycles. The van der Waals surface area contributed by atoms with Crippen LogP contribution in [0.4, 0.5) is 0 Å². The van der Waals surface area contributed by atoms with E-state index in [9.17, 15) is 45.6 Å². The van der Waals surface area contributed by atoms with Gasteiger partial charge in [0.15, 0.2) is 12.6 Å². The minimum Gasteiger partial charge on any atom is -0.394 e. The van der Waals surface area contributed by atoms with Crippen LogP contribution in [0.3, 0.4) is 0 Å². The maximum absolute atomic E-state index is 13.3. The van der Waals surface area contributed by atoms with E-state index in [1.165, 1.54) is 231 Å². The van der Waals surface area contributed by atoms with Gasteiger partial charge in [-0.15, -0.1) is 0 Å². The molecule has 12 atom stereocenters. The first-order valence-corrected chi connectivity index (χ1v) is 33.3. The third-order valence-corrected chi connectivity index (χ3v) is 16.8. The van der Waals surface area contributed by atoms with Crippen LogP contribution in [0.2, 0.25) is 0 Å². The number of hydrogen-bond acceptors (Lipinski definition) is 13. The van der Waals surface area contributed by atoms with Gasteiger partial charge in [-0.05, 0) is 12.8 Å². The van der Waals surface area contributed by atoms with Crippen LogP contribution in [0.25, 0.3) is 0 Å². The number of unbranched alkanes of at least 4 members (excludes halogenated alkanes) is 42. The fourth-order valence-corrected chi connectivity index (χ4v) is 11.5. The molecule has 0 aliphatic carbocycles. The first kappa shape index (κ1) is 73.1.